The van der Waals surface area contributed by atoms with E-state index in [1.54, 1.807) is 0 Å². The van der Waals surface area contributed by atoms with E-state index in [-0.39, 0.29) is 18.5 Å². The van der Waals surface area contributed by atoms with Gasteiger partial charge in [0.25, 0.3) is 0 Å². The largest absolute Gasteiger partial charge is 0.466 e. The van der Waals surface area contributed by atoms with Crippen molar-refractivity contribution in [2.75, 3.05) is 13.2 Å². The van der Waals surface area contributed by atoms with Crippen LogP contribution >= 0.6 is 0 Å². The number of rotatable bonds is 81. The zero-order valence-electron chi connectivity index (χ0n) is 61.9. The number of carbonyl (C=O) groups is 2. The number of esters is 1. The fourth-order valence-electron chi connectivity index (χ4n) is 14.0. The van der Waals surface area contributed by atoms with Gasteiger partial charge < -0.3 is 20.3 Å². The van der Waals surface area contributed by atoms with Gasteiger partial charge in [0, 0.05) is 12.8 Å². The first kappa shape index (κ1) is 88.9. The first-order valence-electron chi connectivity index (χ1n) is 42.3. The van der Waals surface area contributed by atoms with Crippen LogP contribution in [0.15, 0.2) is 0 Å². The van der Waals surface area contributed by atoms with Crippen LogP contribution in [0.1, 0.15) is 502 Å². The van der Waals surface area contributed by atoms with Crippen molar-refractivity contribution < 1.29 is 24.5 Å². The normalized spacial score (nSPS) is 12.4. The zero-order chi connectivity index (χ0) is 64.9. The average Bonchev–Trinajstić information content (AvgIpc) is 3.62. The molecule has 6 heteroatoms. The highest BCUT2D eigenvalue weighted by atomic mass is 16.5. The Bertz CT molecular complexity index is 1320. The summed E-state index contributed by atoms with van der Waals surface area (Å²) in [5, 5.41) is 23.5. The molecule has 0 radical (unpaired) electrons. The lowest BCUT2D eigenvalue weighted by Crippen LogP contribution is -2.45. The summed E-state index contributed by atoms with van der Waals surface area (Å²) < 4.78 is 5.49. The Morgan fingerprint density at radius 2 is 0.456 bits per heavy atom. The van der Waals surface area contributed by atoms with E-state index in [2.05, 4.69) is 19.2 Å². The van der Waals surface area contributed by atoms with E-state index in [1.165, 1.54) is 430 Å². The van der Waals surface area contributed by atoms with Crippen LogP contribution in [0, 0.1) is 0 Å². The number of hydrogen-bond acceptors (Lipinski definition) is 5. The molecular weight excluding hydrogens is 1100 g/mol. The molecule has 0 bridgehead atoms. The van der Waals surface area contributed by atoms with Crippen molar-refractivity contribution in [3.63, 3.8) is 0 Å². The quantitative estimate of drug-likeness (QED) is 0.0417. The Balaban J connectivity index is 3.30. The standard InChI is InChI=1S/C84H167NO5/c1-3-5-7-9-11-13-15-17-18-19-20-21-22-38-41-44-47-50-53-56-60-64-68-72-76-82(87)81(80-86)85-83(88)77-73-69-65-61-57-54-51-48-45-42-39-36-34-32-30-28-26-24-23-25-27-29-31-33-35-37-40-43-46-49-52-55-59-63-67-71-75-79-90-84(89)78-74-70-66-62-58-16-14-12-10-8-6-4-2/h81-82,86-87H,3-80H2,1-2H3,(H,85,88). The van der Waals surface area contributed by atoms with Gasteiger partial charge in [0.1, 0.15) is 0 Å². The van der Waals surface area contributed by atoms with Crippen molar-refractivity contribution in [1.29, 1.82) is 0 Å². The van der Waals surface area contributed by atoms with Crippen LogP contribution in [0.4, 0.5) is 0 Å². The number of carbonyl (C=O) groups excluding carboxylic acids is 2. The molecular formula is C84H167NO5. The Kier molecular flexibility index (Phi) is 79.3. The van der Waals surface area contributed by atoms with Gasteiger partial charge in [-0.25, -0.2) is 0 Å². The molecule has 0 aliphatic carbocycles. The number of amides is 1. The lowest BCUT2D eigenvalue weighted by Gasteiger charge is -2.22. The summed E-state index contributed by atoms with van der Waals surface area (Å²) in [7, 11) is 0. The minimum Gasteiger partial charge on any atom is -0.466 e. The van der Waals surface area contributed by atoms with Gasteiger partial charge in [0.2, 0.25) is 5.91 Å². The predicted molar refractivity (Wildman–Crippen MR) is 398 cm³/mol. The first-order chi connectivity index (χ1) is 44.5. The molecule has 0 aromatic rings. The number of aliphatic hydroxyl groups is 2. The molecule has 0 aliphatic rings. The van der Waals surface area contributed by atoms with Crippen molar-refractivity contribution in [1.82, 2.24) is 5.32 Å². The fourth-order valence-corrected chi connectivity index (χ4v) is 14.0. The number of unbranched alkanes of at least 4 members (excludes halogenated alkanes) is 70. The fraction of sp³-hybridized carbons (Fsp3) is 0.976. The van der Waals surface area contributed by atoms with E-state index in [0.717, 1.165) is 38.5 Å². The third-order valence-corrected chi connectivity index (χ3v) is 20.4. The van der Waals surface area contributed by atoms with Crippen LogP contribution in [0.2, 0.25) is 0 Å². The molecule has 6 nitrogen and oxygen atoms in total. The molecule has 538 valence electrons. The van der Waals surface area contributed by atoms with Crippen LogP contribution in [0.25, 0.3) is 0 Å². The van der Waals surface area contributed by atoms with Gasteiger partial charge in [0.05, 0.1) is 25.4 Å². The summed E-state index contributed by atoms with van der Waals surface area (Å²) in [5.74, 6) is 0.00324. The van der Waals surface area contributed by atoms with E-state index in [4.69, 9.17) is 4.74 Å². The van der Waals surface area contributed by atoms with Crippen molar-refractivity contribution in [2.45, 2.75) is 514 Å². The molecule has 0 aliphatic heterocycles. The molecule has 2 atom stereocenters. The number of nitrogens with one attached hydrogen (secondary N) is 1. The van der Waals surface area contributed by atoms with Gasteiger partial charge >= 0.3 is 5.97 Å². The van der Waals surface area contributed by atoms with Gasteiger partial charge in [0.15, 0.2) is 0 Å². The van der Waals surface area contributed by atoms with Crippen molar-refractivity contribution in [3.05, 3.63) is 0 Å². The van der Waals surface area contributed by atoms with E-state index in [0.29, 0.717) is 25.9 Å². The molecule has 1 amide bonds. The van der Waals surface area contributed by atoms with Gasteiger partial charge in [-0.15, -0.1) is 0 Å². The molecule has 0 fully saturated rings. The molecule has 0 aromatic heterocycles. The molecule has 0 saturated heterocycles. The topological polar surface area (TPSA) is 95.9 Å². The second-order valence-corrected chi connectivity index (χ2v) is 29.5. The minimum atomic E-state index is -0.661. The number of ether oxygens (including phenoxy) is 1. The Morgan fingerprint density at radius 3 is 0.678 bits per heavy atom. The summed E-state index contributed by atoms with van der Waals surface area (Å²) in [6.07, 6.45) is 101. The van der Waals surface area contributed by atoms with E-state index in [1.807, 2.05) is 0 Å². The van der Waals surface area contributed by atoms with Crippen LogP contribution in [-0.4, -0.2) is 47.4 Å². The van der Waals surface area contributed by atoms with Gasteiger partial charge in [-0.3, -0.25) is 9.59 Å². The van der Waals surface area contributed by atoms with E-state index >= 15 is 0 Å². The lowest BCUT2D eigenvalue weighted by molar-refractivity contribution is -0.143. The summed E-state index contributed by atoms with van der Waals surface area (Å²) in [6.45, 7) is 5.02. The summed E-state index contributed by atoms with van der Waals surface area (Å²) in [6, 6.07) is -0.537. The molecule has 0 heterocycles. The Hall–Kier alpha value is -1.14. The smallest absolute Gasteiger partial charge is 0.305 e. The van der Waals surface area contributed by atoms with Crippen LogP contribution in [0.3, 0.4) is 0 Å². The van der Waals surface area contributed by atoms with Gasteiger partial charge in [-0.05, 0) is 25.7 Å². The maximum atomic E-state index is 12.6. The predicted octanol–water partition coefficient (Wildman–Crippen LogP) is 28.1. The molecule has 3 N–H and O–H groups in total. The molecule has 0 rings (SSSR count). The summed E-state index contributed by atoms with van der Waals surface area (Å²) in [4.78, 5) is 24.6. The van der Waals surface area contributed by atoms with Crippen LogP contribution < -0.4 is 5.32 Å². The Morgan fingerprint density at radius 1 is 0.267 bits per heavy atom. The first-order valence-corrected chi connectivity index (χ1v) is 42.3. The molecule has 90 heavy (non-hydrogen) atoms. The second kappa shape index (κ2) is 80.3. The highest BCUT2D eigenvalue weighted by Crippen LogP contribution is 2.21. The van der Waals surface area contributed by atoms with Gasteiger partial charge in [-0.2, -0.15) is 0 Å². The molecule has 0 saturated carbocycles. The van der Waals surface area contributed by atoms with Crippen molar-refractivity contribution in [3.8, 4) is 0 Å². The molecule has 2 unspecified atom stereocenters. The van der Waals surface area contributed by atoms with E-state index < -0.39 is 12.1 Å². The minimum absolute atomic E-state index is 0.0223. The van der Waals surface area contributed by atoms with Gasteiger partial charge in [-0.1, -0.05) is 463 Å². The summed E-state index contributed by atoms with van der Waals surface area (Å²) in [5.41, 5.74) is 0. The highest BCUT2D eigenvalue weighted by Gasteiger charge is 2.20. The second-order valence-electron chi connectivity index (χ2n) is 29.5. The SMILES string of the molecule is CCCCCCCCCCCCCCCCCCCCCCCCCCC(O)C(CO)NC(=O)CCCCCCCCCCCCCCCCCCCCCCCCCCCCCCCCCCCCCCCOC(=O)CCCCCCCCCCCCCC. The van der Waals surface area contributed by atoms with Crippen LogP contribution in [-0.2, 0) is 14.3 Å². The monoisotopic (exact) mass is 1270 g/mol. The average molecular weight is 1270 g/mol. The van der Waals surface area contributed by atoms with E-state index in [9.17, 15) is 19.8 Å². The van der Waals surface area contributed by atoms with Crippen molar-refractivity contribution >= 4 is 11.9 Å². The summed E-state index contributed by atoms with van der Waals surface area (Å²) >= 11 is 0. The maximum Gasteiger partial charge on any atom is 0.305 e. The zero-order valence-corrected chi connectivity index (χ0v) is 61.9. The molecule has 0 aromatic carbocycles. The van der Waals surface area contributed by atoms with Crippen LogP contribution in [0.5, 0.6) is 0 Å². The van der Waals surface area contributed by atoms with Crippen molar-refractivity contribution in [2.24, 2.45) is 0 Å². The number of hydrogen-bond donors (Lipinski definition) is 3. The maximum absolute atomic E-state index is 12.6. The third kappa shape index (κ3) is 75.9. The number of aliphatic hydroxyl groups excluding tert-OH is 2. The Labute approximate surface area is 566 Å². The highest BCUT2D eigenvalue weighted by molar-refractivity contribution is 5.76. The molecule has 0 spiro atoms. The lowest BCUT2D eigenvalue weighted by atomic mass is 10.0. The third-order valence-electron chi connectivity index (χ3n) is 20.4.